The summed E-state index contributed by atoms with van der Waals surface area (Å²) in [5.41, 5.74) is 0. The van der Waals surface area contributed by atoms with E-state index in [1.807, 2.05) is 6.07 Å². The molecule has 1 saturated heterocycles. The van der Waals surface area contributed by atoms with Crippen LogP contribution in [0.3, 0.4) is 0 Å². The quantitative estimate of drug-likeness (QED) is 0.893. The van der Waals surface area contributed by atoms with Crippen LogP contribution in [0.5, 0.6) is 0 Å². The molecule has 106 valence electrons. The lowest BCUT2D eigenvalue weighted by molar-refractivity contribution is 0.429. The number of benzene rings is 1. The first-order valence-corrected chi connectivity index (χ1v) is 8.21. The Morgan fingerprint density at radius 3 is 3.00 bits per heavy atom. The molecule has 1 aromatic heterocycles. The lowest BCUT2D eigenvalue weighted by atomic mass is 10.1. The summed E-state index contributed by atoms with van der Waals surface area (Å²) in [6.45, 7) is 1.64. The summed E-state index contributed by atoms with van der Waals surface area (Å²) in [7, 11) is -3.50. The Labute approximate surface area is 118 Å². The monoisotopic (exact) mass is 291 g/mol. The topological polar surface area (TPSA) is 71.1 Å². The third-order valence-corrected chi connectivity index (χ3v) is 5.13. The molecule has 1 aliphatic rings. The molecule has 0 spiro atoms. The Kier molecular flexibility index (Phi) is 3.69. The molecule has 6 heteroatoms. The molecule has 0 bridgehead atoms. The zero-order valence-electron chi connectivity index (χ0n) is 11.0. The summed E-state index contributed by atoms with van der Waals surface area (Å²) in [5.74, 6) is 0. The number of fused-ring (bicyclic) bond motifs is 1. The lowest BCUT2D eigenvalue weighted by Crippen LogP contribution is -2.45. The van der Waals surface area contributed by atoms with Crippen LogP contribution >= 0.6 is 0 Å². The predicted molar refractivity (Wildman–Crippen MR) is 78.0 cm³/mol. The van der Waals surface area contributed by atoms with Crippen molar-refractivity contribution in [3.05, 3.63) is 36.7 Å². The number of sulfonamides is 1. The van der Waals surface area contributed by atoms with Gasteiger partial charge in [0.2, 0.25) is 10.0 Å². The molecule has 3 rings (SSSR count). The molecule has 0 amide bonds. The molecule has 1 fully saturated rings. The van der Waals surface area contributed by atoms with Crippen LogP contribution in [0.15, 0.2) is 41.6 Å². The second kappa shape index (κ2) is 5.47. The summed E-state index contributed by atoms with van der Waals surface area (Å²) < 4.78 is 27.9. The standard InChI is InChI=1S/C14H17N3O2S/c18-20(19,17-12-4-2-7-15-10-12)14-5-1-3-11-9-16-8-6-13(11)14/h1,3,5-6,8-9,12,15,17H,2,4,7,10H2. The maximum absolute atomic E-state index is 12.6. The Hall–Kier alpha value is -1.50. The van der Waals surface area contributed by atoms with Gasteiger partial charge in [-0.15, -0.1) is 0 Å². The van der Waals surface area contributed by atoms with Gasteiger partial charge in [-0.25, -0.2) is 13.1 Å². The summed E-state index contributed by atoms with van der Waals surface area (Å²) in [6, 6.07) is 6.95. The molecular weight excluding hydrogens is 274 g/mol. The van der Waals surface area contributed by atoms with Crippen molar-refractivity contribution >= 4 is 20.8 Å². The zero-order valence-corrected chi connectivity index (χ0v) is 11.9. The first-order chi connectivity index (χ1) is 9.67. The van der Waals surface area contributed by atoms with Crippen LogP contribution in [0.2, 0.25) is 0 Å². The molecule has 2 heterocycles. The molecule has 0 aliphatic carbocycles. The minimum atomic E-state index is -3.50. The summed E-state index contributed by atoms with van der Waals surface area (Å²) in [6.07, 6.45) is 5.16. The van der Waals surface area contributed by atoms with Gasteiger partial charge in [0.05, 0.1) is 4.90 Å². The van der Waals surface area contributed by atoms with Crippen LogP contribution in [0.1, 0.15) is 12.8 Å². The molecule has 1 aromatic carbocycles. The fraction of sp³-hybridized carbons (Fsp3) is 0.357. The number of hydrogen-bond acceptors (Lipinski definition) is 4. The third kappa shape index (κ3) is 2.67. The Morgan fingerprint density at radius 1 is 1.30 bits per heavy atom. The SMILES string of the molecule is O=S(=O)(NC1CCCNC1)c1cccc2cnccc12. The van der Waals surface area contributed by atoms with Crippen LogP contribution in [-0.2, 0) is 10.0 Å². The van der Waals surface area contributed by atoms with Crippen LogP contribution in [0.4, 0.5) is 0 Å². The van der Waals surface area contributed by atoms with Gasteiger partial charge in [-0.1, -0.05) is 12.1 Å². The van der Waals surface area contributed by atoms with E-state index in [1.54, 1.807) is 30.6 Å². The molecule has 5 nitrogen and oxygen atoms in total. The molecule has 1 unspecified atom stereocenters. The lowest BCUT2D eigenvalue weighted by Gasteiger charge is -2.23. The van der Waals surface area contributed by atoms with Crippen molar-refractivity contribution in [2.75, 3.05) is 13.1 Å². The molecule has 0 saturated carbocycles. The van der Waals surface area contributed by atoms with Crippen LogP contribution in [-0.4, -0.2) is 32.5 Å². The van der Waals surface area contributed by atoms with Crippen molar-refractivity contribution < 1.29 is 8.42 Å². The van der Waals surface area contributed by atoms with Crippen LogP contribution in [0.25, 0.3) is 10.8 Å². The highest BCUT2D eigenvalue weighted by Gasteiger charge is 2.23. The van der Waals surface area contributed by atoms with E-state index in [9.17, 15) is 8.42 Å². The van der Waals surface area contributed by atoms with Crippen molar-refractivity contribution in [2.45, 2.75) is 23.8 Å². The Morgan fingerprint density at radius 2 is 2.20 bits per heavy atom. The van der Waals surface area contributed by atoms with E-state index in [4.69, 9.17) is 0 Å². The summed E-state index contributed by atoms with van der Waals surface area (Å²) in [4.78, 5) is 4.35. The highest BCUT2D eigenvalue weighted by molar-refractivity contribution is 7.89. The Balaban J connectivity index is 1.96. The largest absolute Gasteiger partial charge is 0.315 e. The maximum Gasteiger partial charge on any atom is 0.241 e. The van der Waals surface area contributed by atoms with Crippen molar-refractivity contribution in [3.63, 3.8) is 0 Å². The summed E-state index contributed by atoms with van der Waals surface area (Å²) >= 11 is 0. The normalized spacial score (nSPS) is 20.1. The molecule has 1 atom stereocenters. The predicted octanol–water partition coefficient (Wildman–Crippen LogP) is 1.27. The number of nitrogens with zero attached hydrogens (tertiary/aromatic N) is 1. The molecular formula is C14H17N3O2S. The molecule has 20 heavy (non-hydrogen) atoms. The minimum Gasteiger partial charge on any atom is -0.315 e. The molecule has 2 N–H and O–H groups in total. The first-order valence-electron chi connectivity index (χ1n) is 6.72. The van der Waals surface area contributed by atoms with Gasteiger partial charge < -0.3 is 5.32 Å². The minimum absolute atomic E-state index is 0.0363. The van der Waals surface area contributed by atoms with Gasteiger partial charge in [0.1, 0.15) is 0 Å². The maximum atomic E-state index is 12.6. The van der Waals surface area contributed by atoms with Crippen molar-refractivity contribution in [1.82, 2.24) is 15.0 Å². The highest BCUT2D eigenvalue weighted by atomic mass is 32.2. The second-order valence-electron chi connectivity index (χ2n) is 5.02. The van der Waals surface area contributed by atoms with E-state index in [-0.39, 0.29) is 6.04 Å². The van der Waals surface area contributed by atoms with Gasteiger partial charge in [0, 0.05) is 35.8 Å². The van der Waals surface area contributed by atoms with E-state index in [1.165, 1.54) is 0 Å². The number of piperidine rings is 1. The number of hydrogen-bond donors (Lipinski definition) is 2. The van der Waals surface area contributed by atoms with Gasteiger partial charge in [0.15, 0.2) is 0 Å². The average molecular weight is 291 g/mol. The fourth-order valence-corrected chi connectivity index (χ4v) is 4.06. The average Bonchev–Trinajstić information content (AvgIpc) is 2.47. The van der Waals surface area contributed by atoms with Crippen LogP contribution in [0, 0.1) is 0 Å². The van der Waals surface area contributed by atoms with E-state index in [0.717, 1.165) is 24.8 Å². The number of nitrogens with one attached hydrogen (secondary N) is 2. The highest BCUT2D eigenvalue weighted by Crippen LogP contribution is 2.22. The molecule has 0 radical (unpaired) electrons. The van der Waals surface area contributed by atoms with Crippen molar-refractivity contribution in [2.24, 2.45) is 0 Å². The van der Waals surface area contributed by atoms with Gasteiger partial charge >= 0.3 is 0 Å². The van der Waals surface area contributed by atoms with Gasteiger partial charge in [-0.3, -0.25) is 4.98 Å². The number of aromatic nitrogens is 1. The zero-order chi connectivity index (χ0) is 14.0. The first kappa shape index (κ1) is 13.5. The summed E-state index contributed by atoms with van der Waals surface area (Å²) in [5, 5.41) is 4.75. The van der Waals surface area contributed by atoms with Gasteiger partial charge in [-0.2, -0.15) is 0 Å². The van der Waals surface area contributed by atoms with Crippen molar-refractivity contribution in [3.8, 4) is 0 Å². The number of pyridine rings is 1. The van der Waals surface area contributed by atoms with E-state index in [2.05, 4.69) is 15.0 Å². The molecule has 2 aromatic rings. The third-order valence-electron chi connectivity index (χ3n) is 3.55. The second-order valence-corrected chi connectivity index (χ2v) is 6.70. The van der Waals surface area contributed by atoms with E-state index >= 15 is 0 Å². The van der Waals surface area contributed by atoms with E-state index in [0.29, 0.717) is 16.8 Å². The van der Waals surface area contributed by atoms with Gasteiger partial charge in [-0.05, 0) is 31.5 Å². The fourth-order valence-electron chi connectivity index (χ4n) is 2.56. The molecule has 1 aliphatic heterocycles. The van der Waals surface area contributed by atoms with Gasteiger partial charge in [0.25, 0.3) is 0 Å². The number of rotatable bonds is 3. The Bertz CT molecular complexity index is 704. The van der Waals surface area contributed by atoms with E-state index < -0.39 is 10.0 Å². The smallest absolute Gasteiger partial charge is 0.241 e. The van der Waals surface area contributed by atoms with Crippen molar-refractivity contribution in [1.29, 1.82) is 0 Å². The van der Waals surface area contributed by atoms with Crippen LogP contribution < -0.4 is 10.0 Å².